The predicted octanol–water partition coefficient (Wildman–Crippen LogP) is 1.92. The van der Waals surface area contributed by atoms with Crippen molar-refractivity contribution < 1.29 is 4.39 Å². The first kappa shape index (κ1) is 7.91. The minimum atomic E-state index is -0.292. The number of aromatic nitrogens is 3. The Morgan fingerprint density at radius 3 is 2.85 bits per heavy atom. The van der Waals surface area contributed by atoms with Gasteiger partial charge in [0.1, 0.15) is 12.1 Å². The molecule has 4 heteroatoms. The highest BCUT2D eigenvalue weighted by Gasteiger charge is 2.07. The minimum Gasteiger partial charge on any atom is -0.265 e. The van der Waals surface area contributed by atoms with Crippen molar-refractivity contribution in [3.05, 3.63) is 35.9 Å². The molecule has 1 N–H and O–H groups in total. The quantitative estimate of drug-likeness (QED) is 0.723. The van der Waals surface area contributed by atoms with E-state index in [0.29, 0.717) is 11.4 Å². The molecule has 2 aromatic rings. The van der Waals surface area contributed by atoms with E-state index in [9.17, 15) is 4.39 Å². The van der Waals surface area contributed by atoms with Gasteiger partial charge in [0, 0.05) is 0 Å². The molecule has 1 aromatic heterocycles. The van der Waals surface area contributed by atoms with Gasteiger partial charge in [-0.05, 0) is 24.6 Å². The summed E-state index contributed by atoms with van der Waals surface area (Å²) in [5.41, 5.74) is 1.31. The van der Waals surface area contributed by atoms with E-state index in [2.05, 4.69) is 15.2 Å². The van der Waals surface area contributed by atoms with E-state index in [1.807, 2.05) is 13.0 Å². The molecule has 0 radical (unpaired) electrons. The van der Waals surface area contributed by atoms with Gasteiger partial charge in [0.15, 0.2) is 5.82 Å². The van der Waals surface area contributed by atoms with Gasteiger partial charge in [-0.25, -0.2) is 9.37 Å². The number of aryl methyl sites for hydroxylation is 1. The summed E-state index contributed by atoms with van der Waals surface area (Å²) in [6, 6.07) is 4.97. The molecule has 3 nitrogen and oxygen atoms in total. The van der Waals surface area contributed by atoms with Crippen LogP contribution in [0, 0.1) is 12.7 Å². The Labute approximate surface area is 74.6 Å². The van der Waals surface area contributed by atoms with Gasteiger partial charge < -0.3 is 0 Å². The van der Waals surface area contributed by atoms with Crippen molar-refractivity contribution in [2.45, 2.75) is 6.92 Å². The van der Waals surface area contributed by atoms with Crippen molar-refractivity contribution in [3.63, 3.8) is 0 Å². The minimum absolute atomic E-state index is 0.292. The van der Waals surface area contributed by atoms with Crippen LogP contribution in [0.4, 0.5) is 4.39 Å². The van der Waals surface area contributed by atoms with Crippen LogP contribution in [0.25, 0.3) is 11.4 Å². The molecule has 13 heavy (non-hydrogen) atoms. The number of hydrogen-bond donors (Lipinski definition) is 1. The predicted molar refractivity (Wildman–Crippen MR) is 46.5 cm³/mol. The Morgan fingerprint density at radius 1 is 1.38 bits per heavy atom. The second kappa shape index (κ2) is 2.97. The molecule has 0 aliphatic heterocycles. The lowest BCUT2D eigenvalue weighted by Gasteiger charge is -1.98. The maximum atomic E-state index is 13.3. The molecule has 0 fully saturated rings. The smallest absolute Gasteiger partial charge is 0.183 e. The van der Waals surface area contributed by atoms with E-state index in [1.54, 1.807) is 6.07 Å². The highest BCUT2D eigenvalue weighted by molar-refractivity contribution is 5.55. The third-order valence-electron chi connectivity index (χ3n) is 1.78. The van der Waals surface area contributed by atoms with E-state index in [4.69, 9.17) is 0 Å². The molecule has 0 aliphatic rings. The highest BCUT2D eigenvalue weighted by Crippen LogP contribution is 2.18. The summed E-state index contributed by atoms with van der Waals surface area (Å²) >= 11 is 0. The summed E-state index contributed by atoms with van der Waals surface area (Å²) in [4.78, 5) is 3.87. The standard InChI is InChI=1S/C9H8FN3/c1-6-2-3-7(8(10)4-6)9-11-5-12-13-9/h2-5H,1H3,(H,11,12,13). The van der Waals surface area contributed by atoms with E-state index < -0.39 is 0 Å². The molecule has 1 aromatic carbocycles. The Balaban J connectivity index is 2.53. The van der Waals surface area contributed by atoms with E-state index in [0.717, 1.165) is 5.56 Å². The molecular formula is C9H8FN3. The van der Waals surface area contributed by atoms with Crippen LogP contribution in [0.1, 0.15) is 5.56 Å². The summed E-state index contributed by atoms with van der Waals surface area (Å²) < 4.78 is 13.3. The van der Waals surface area contributed by atoms with Crippen LogP contribution >= 0.6 is 0 Å². The number of halogens is 1. The van der Waals surface area contributed by atoms with Crippen LogP contribution in [0.2, 0.25) is 0 Å². The average Bonchev–Trinajstić information content (AvgIpc) is 2.56. The SMILES string of the molecule is Cc1ccc(-c2nc[nH]n2)c(F)c1. The number of rotatable bonds is 1. The van der Waals surface area contributed by atoms with Gasteiger partial charge >= 0.3 is 0 Å². The third kappa shape index (κ3) is 1.42. The van der Waals surface area contributed by atoms with Gasteiger partial charge in [0.2, 0.25) is 0 Å². The number of H-pyrrole nitrogens is 1. The molecule has 0 bridgehead atoms. The molecule has 0 atom stereocenters. The average molecular weight is 177 g/mol. The first-order valence-corrected chi connectivity index (χ1v) is 3.89. The van der Waals surface area contributed by atoms with E-state index in [-0.39, 0.29) is 5.82 Å². The molecule has 0 amide bonds. The maximum Gasteiger partial charge on any atom is 0.183 e. The number of aromatic amines is 1. The van der Waals surface area contributed by atoms with Crippen molar-refractivity contribution in [1.29, 1.82) is 0 Å². The first-order valence-electron chi connectivity index (χ1n) is 3.89. The normalized spacial score (nSPS) is 10.3. The maximum absolute atomic E-state index is 13.3. The lowest BCUT2D eigenvalue weighted by molar-refractivity contribution is 0.629. The van der Waals surface area contributed by atoms with Crippen molar-refractivity contribution in [1.82, 2.24) is 15.2 Å². The van der Waals surface area contributed by atoms with E-state index in [1.165, 1.54) is 12.4 Å². The zero-order valence-electron chi connectivity index (χ0n) is 7.08. The van der Waals surface area contributed by atoms with Crippen LogP contribution < -0.4 is 0 Å². The second-order valence-corrected chi connectivity index (χ2v) is 2.81. The Morgan fingerprint density at radius 2 is 2.23 bits per heavy atom. The summed E-state index contributed by atoms with van der Waals surface area (Å²) in [5, 5.41) is 6.34. The molecule has 1 heterocycles. The Kier molecular flexibility index (Phi) is 1.81. The summed E-state index contributed by atoms with van der Waals surface area (Å²) in [7, 11) is 0. The number of hydrogen-bond acceptors (Lipinski definition) is 2. The lowest BCUT2D eigenvalue weighted by Crippen LogP contribution is -1.87. The fraction of sp³-hybridized carbons (Fsp3) is 0.111. The summed E-state index contributed by atoms with van der Waals surface area (Å²) in [5.74, 6) is 0.0945. The second-order valence-electron chi connectivity index (χ2n) is 2.81. The molecule has 2 rings (SSSR count). The van der Waals surface area contributed by atoms with Crippen molar-refractivity contribution in [3.8, 4) is 11.4 Å². The number of benzene rings is 1. The molecule has 0 saturated heterocycles. The Hall–Kier alpha value is -1.71. The van der Waals surface area contributed by atoms with Gasteiger partial charge in [-0.1, -0.05) is 6.07 Å². The first-order chi connectivity index (χ1) is 6.27. The number of nitrogens with one attached hydrogen (secondary N) is 1. The zero-order chi connectivity index (χ0) is 9.26. The van der Waals surface area contributed by atoms with Crippen molar-refractivity contribution in [2.75, 3.05) is 0 Å². The van der Waals surface area contributed by atoms with Crippen molar-refractivity contribution >= 4 is 0 Å². The monoisotopic (exact) mass is 177 g/mol. The molecule has 0 unspecified atom stereocenters. The summed E-state index contributed by atoms with van der Waals surface area (Å²) in [6.07, 6.45) is 1.43. The van der Waals surface area contributed by atoms with Gasteiger partial charge in [0.25, 0.3) is 0 Å². The highest BCUT2D eigenvalue weighted by atomic mass is 19.1. The van der Waals surface area contributed by atoms with Gasteiger partial charge in [-0.15, -0.1) is 0 Å². The van der Waals surface area contributed by atoms with E-state index >= 15 is 0 Å². The zero-order valence-corrected chi connectivity index (χ0v) is 7.08. The van der Waals surface area contributed by atoms with Gasteiger partial charge in [-0.2, -0.15) is 5.10 Å². The van der Waals surface area contributed by atoms with Crippen LogP contribution in [0.15, 0.2) is 24.5 Å². The molecule has 0 spiro atoms. The van der Waals surface area contributed by atoms with Gasteiger partial charge in [-0.3, -0.25) is 5.10 Å². The summed E-state index contributed by atoms with van der Waals surface area (Å²) in [6.45, 7) is 1.84. The fourth-order valence-electron chi connectivity index (χ4n) is 1.14. The van der Waals surface area contributed by atoms with Crippen molar-refractivity contribution in [2.24, 2.45) is 0 Å². The lowest BCUT2D eigenvalue weighted by atomic mass is 10.1. The van der Waals surface area contributed by atoms with Crippen LogP contribution in [-0.4, -0.2) is 15.2 Å². The molecule has 0 saturated carbocycles. The van der Waals surface area contributed by atoms with Crippen LogP contribution in [-0.2, 0) is 0 Å². The molecule has 0 aliphatic carbocycles. The third-order valence-corrected chi connectivity index (χ3v) is 1.78. The van der Waals surface area contributed by atoms with Crippen LogP contribution in [0.3, 0.4) is 0 Å². The largest absolute Gasteiger partial charge is 0.265 e. The van der Waals surface area contributed by atoms with Crippen LogP contribution in [0.5, 0.6) is 0 Å². The van der Waals surface area contributed by atoms with Gasteiger partial charge in [0.05, 0.1) is 5.56 Å². The fourth-order valence-corrected chi connectivity index (χ4v) is 1.14. The molecular weight excluding hydrogens is 169 g/mol. The number of nitrogens with zero attached hydrogens (tertiary/aromatic N) is 2. The Bertz CT molecular complexity index is 409. The molecule has 66 valence electrons. The topological polar surface area (TPSA) is 41.6 Å².